The number of hydrogen-bond acceptors (Lipinski definition) is 21. The second-order valence-corrected chi connectivity index (χ2v) is 38.2. The van der Waals surface area contributed by atoms with Gasteiger partial charge in [0.2, 0.25) is 0 Å². The number of nitrogens with one attached hydrogen (secondary N) is 2. The van der Waals surface area contributed by atoms with Gasteiger partial charge < -0.3 is 78.2 Å². The third kappa shape index (κ3) is 70.7. The minimum absolute atomic E-state index is 0.00497. The fourth-order valence-corrected chi connectivity index (χ4v) is 11.1. The Morgan fingerprint density at radius 1 is 0.394 bits per heavy atom. The summed E-state index contributed by atoms with van der Waals surface area (Å²) < 4.78 is 51.7. The molecule has 1 aromatic heterocycles. The van der Waals surface area contributed by atoms with Gasteiger partial charge in [0.05, 0.1) is 124 Å². The van der Waals surface area contributed by atoms with Crippen molar-refractivity contribution in [2.45, 2.75) is 314 Å². The average molecular weight is 1490 g/mol. The summed E-state index contributed by atoms with van der Waals surface area (Å²) in [6.45, 7) is 88.7. The molecule has 4 N–H and O–H groups in total. The van der Waals surface area contributed by atoms with Crippen molar-refractivity contribution in [3.8, 4) is 0 Å². The molecule has 622 valence electrons. The molecule has 0 aliphatic carbocycles. The molecule has 7 rings (SSSR count). The van der Waals surface area contributed by atoms with E-state index in [2.05, 4.69) is 203 Å². The van der Waals surface area contributed by atoms with E-state index in [0.717, 1.165) is 184 Å². The largest absolute Gasteiger partial charge is 0.390 e. The first-order chi connectivity index (χ1) is 47.8. The third-order valence-electron chi connectivity index (χ3n) is 17.0. The SMILES string of the molecule is CC(C)(C)NCCN1CCOCC1.CC(C)(C)OCCCN1CCOCC1.CC(C)(C)OCCN1CCC(C(C)(C)O)CC1.CC(C)(C)OCCN1CCCCC1.CC(C)(C)OCCN1CCOCC1.CC(C)(C)OCCn1cncn1.CC(C)(O)CNC(C)(C)C.CN1CCC(OC(C)(C)C)CC1. The van der Waals surface area contributed by atoms with Crippen molar-refractivity contribution in [2.75, 3.05) is 204 Å². The van der Waals surface area contributed by atoms with E-state index in [9.17, 15) is 10.2 Å². The molecule has 6 saturated heterocycles. The summed E-state index contributed by atoms with van der Waals surface area (Å²) >= 11 is 0. The monoisotopic (exact) mass is 1490 g/mol. The van der Waals surface area contributed by atoms with E-state index in [4.69, 9.17) is 42.6 Å². The van der Waals surface area contributed by atoms with Crippen molar-refractivity contribution < 1.29 is 52.8 Å². The molecule has 0 spiro atoms. The molecule has 0 atom stereocenters. The zero-order valence-corrected chi connectivity index (χ0v) is 73.5. The highest BCUT2D eigenvalue weighted by Gasteiger charge is 2.31. The number of ether oxygens (including phenoxy) is 9. The van der Waals surface area contributed by atoms with E-state index in [0.29, 0.717) is 25.2 Å². The van der Waals surface area contributed by atoms with Crippen LogP contribution in [0.3, 0.4) is 0 Å². The van der Waals surface area contributed by atoms with E-state index in [1.54, 1.807) is 24.9 Å². The molecule has 22 nitrogen and oxygen atoms in total. The summed E-state index contributed by atoms with van der Waals surface area (Å²) in [6, 6.07) is 0. The fourth-order valence-electron chi connectivity index (χ4n) is 11.1. The summed E-state index contributed by atoms with van der Waals surface area (Å²) in [6.07, 6.45) is 13.5. The van der Waals surface area contributed by atoms with Gasteiger partial charge >= 0.3 is 0 Å². The van der Waals surface area contributed by atoms with Crippen LogP contribution < -0.4 is 10.6 Å². The van der Waals surface area contributed by atoms with Crippen molar-refractivity contribution >= 4 is 0 Å². The van der Waals surface area contributed by atoms with Gasteiger partial charge in [0.15, 0.2) is 0 Å². The summed E-state index contributed by atoms with van der Waals surface area (Å²) in [7, 11) is 2.17. The van der Waals surface area contributed by atoms with Crippen molar-refractivity contribution in [1.29, 1.82) is 0 Å². The minimum Gasteiger partial charge on any atom is -0.390 e. The maximum Gasteiger partial charge on any atom is 0.137 e. The molecule has 6 aliphatic rings. The second-order valence-electron chi connectivity index (χ2n) is 38.2. The number of nitrogens with zero attached hydrogens (tertiary/aromatic N) is 9. The standard InChI is InChI=1S/C14H29NO2.C11H23NO2.C11H23NO.C10H22N2O.C10H21NO2.C10H21NO.C8H15N3O.C8H19NO/c1-13(2,3)17-11-10-15-8-6-12(7-9-15)14(4,5)16;1-11(2,3)14-8-4-5-12-6-9-13-10-7-12;1-11(2,3)13-10-9-12-7-5-4-6-8-12;1-10(2,3)11-4-5-12-6-8-13-9-7-12;1-10(2,3)13-9-6-11-4-7-12-8-5-11;1-10(2,3)12-9-5-7-11(4)8-6-9;1-8(2,3)12-5-4-11-7-9-6-10-11;1-7(2,3)9-6-8(4,5)10/h12,16H,6-11H2,1-5H3;4-10H2,1-3H3;4-10H2,1-3H3;11H,4-9H2,1-3H3;4-9H2,1-3H3;9H,5-8H2,1-4H3;6-7H,4-5H2,1-3H3;9-10H,6H2,1-5H3. The van der Waals surface area contributed by atoms with Crippen LogP contribution in [0.2, 0.25) is 0 Å². The lowest BCUT2D eigenvalue weighted by Crippen LogP contribution is -2.44. The number of morpholine rings is 3. The molecular weight excluding hydrogens is 1310 g/mol. The first kappa shape index (κ1) is 102. The molecule has 0 aromatic carbocycles. The van der Waals surface area contributed by atoms with Crippen LogP contribution in [0.1, 0.15) is 245 Å². The molecule has 0 radical (unpaired) electrons. The highest BCUT2D eigenvalue weighted by molar-refractivity contribution is 4.84. The van der Waals surface area contributed by atoms with Gasteiger partial charge in [-0.05, 0) is 278 Å². The highest BCUT2D eigenvalue weighted by Crippen LogP contribution is 2.28. The van der Waals surface area contributed by atoms with E-state index >= 15 is 0 Å². The van der Waals surface area contributed by atoms with E-state index in [1.807, 2.05) is 34.6 Å². The molecule has 0 amide bonds. The number of aromatic nitrogens is 3. The van der Waals surface area contributed by atoms with Gasteiger partial charge in [-0.25, -0.2) is 4.98 Å². The summed E-state index contributed by atoms with van der Waals surface area (Å²) in [5, 5.41) is 29.9. The molecule has 0 bridgehead atoms. The lowest BCUT2D eigenvalue weighted by Gasteiger charge is -2.38. The van der Waals surface area contributed by atoms with Gasteiger partial charge in [-0.3, -0.25) is 19.4 Å². The maximum atomic E-state index is 9.97. The lowest BCUT2D eigenvalue weighted by atomic mass is 9.83. The number of hydrogen-bond donors (Lipinski definition) is 4. The molecular formula is C82H173N11O11. The lowest BCUT2D eigenvalue weighted by molar-refractivity contribution is -0.0800. The first-order valence-corrected chi connectivity index (χ1v) is 40.4. The minimum atomic E-state index is -0.604. The summed E-state index contributed by atoms with van der Waals surface area (Å²) in [5.41, 5.74) is -0.840. The zero-order valence-electron chi connectivity index (χ0n) is 73.5. The third-order valence-corrected chi connectivity index (χ3v) is 17.0. The Morgan fingerprint density at radius 2 is 0.750 bits per heavy atom. The van der Waals surface area contributed by atoms with Crippen molar-refractivity contribution in [3.63, 3.8) is 0 Å². The van der Waals surface area contributed by atoms with Crippen LogP contribution in [-0.4, -0.2) is 320 Å². The molecule has 6 aliphatic heterocycles. The van der Waals surface area contributed by atoms with Crippen LogP contribution >= 0.6 is 0 Å². The van der Waals surface area contributed by atoms with Crippen molar-refractivity contribution in [1.82, 2.24) is 54.8 Å². The maximum absolute atomic E-state index is 9.97. The van der Waals surface area contributed by atoms with Crippen LogP contribution in [0.25, 0.3) is 0 Å². The fraction of sp³-hybridized carbons (Fsp3) is 0.976. The predicted octanol–water partition coefficient (Wildman–Crippen LogP) is 12.1. The quantitative estimate of drug-likeness (QED) is 0.0754. The number of likely N-dealkylation sites (tertiary alicyclic amines) is 3. The van der Waals surface area contributed by atoms with Gasteiger partial charge in [0, 0.05) is 116 Å². The van der Waals surface area contributed by atoms with Gasteiger partial charge in [0.25, 0.3) is 0 Å². The Labute approximate surface area is 641 Å². The number of β-amino-alcohol motifs (C(OH)–C–C–N with tert-alkyl or cyclic N) is 1. The van der Waals surface area contributed by atoms with Crippen LogP contribution in [0, 0.1) is 5.92 Å². The average Bonchev–Trinajstić information content (AvgIpc) is 0.979. The number of aliphatic hydroxyl groups is 2. The summed E-state index contributed by atoms with van der Waals surface area (Å²) in [4.78, 5) is 18.4. The normalized spacial score (nSPS) is 19.1. The topological polar surface area (TPSA) is 198 Å². The van der Waals surface area contributed by atoms with E-state index < -0.39 is 11.2 Å². The molecule has 22 heteroatoms. The number of rotatable bonds is 23. The van der Waals surface area contributed by atoms with Crippen LogP contribution in [0.5, 0.6) is 0 Å². The Balaban J connectivity index is 0.00000117. The number of piperidine rings is 3. The van der Waals surface area contributed by atoms with Gasteiger partial charge in [-0.2, -0.15) is 5.10 Å². The molecule has 0 unspecified atom stereocenters. The van der Waals surface area contributed by atoms with Gasteiger partial charge in [-0.1, -0.05) is 6.42 Å². The van der Waals surface area contributed by atoms with Crippen molar-refractivity contribution in [2.24, 2.45) is 5.92 Å². The molecule has 0 saturated carbocycles. The smallest absolute Gasteiger partial charge is 0.137 e. The molecule has 6 fully saturated rings. The predicted molar refractivity (Wildman–Crippen MR) is 434 cm³/mol. The van der Waals surface area contributed by atoms with Gasteiger partial charge in [0.1, 0.15) is 12.7 Å². The van der Waals surface area contributed by atoms with Gasteiger partial charge in [-0.15, -0.1) is 0 Å². The Morgan fingerprint density at radius 3 is 1.09 bits per heavy atom. The zero-order chi connectivity index (χ0) is 79.4. The molecule has 1 aromatic rings. The molecule has 104 heavy (non-hydrogen) atoms. The molecule has 7 heterocycles. The second kappa shape index (κ2) is 52.6. The first-order valence-electron chi connectivity index (χ1n) is 40.4. The Kier molecular flexibility index (Phi) is 51.8. The van der Waals surface area contributed by atoms with Crippen LogP contribution in [0.15, 0.2) is 12.7 Å². The highest BCUT2D eigenvalue weighted by atomic mass is 16.5. The van der Waals surface area contributed by atoms with Crippen LogP contribution in [0.4, 0.5) is 0 Å². The van der Waals surface area contributed by atoms with E-state index in [1.165, 1.54) is 64.6 Å². The Hall–Kier alpha value is -1.62. The van der Waals surface area contributed by atoms with Crippen molar-refractivity contribution in [3.05, 3.63) is 12.7 Å². The Bertz CT molecular complexity index is 2010. The van der Waals surface area contributed by atoms with Crippen LogP contribution in [-0.2, 0) is 49.2 Å². The summed E-state index contributed by atoms with van der Waals surface area (Å²) in [5.74, 6) is 0.447. The van der Waals surface area contributed by atoms with E-state index in [-0.39, 0.29) is 44.7 Å².